The van der Waals surface area contributed by atoms with E-state index < -0.39 is 0 Å². The van der Waals surface area contributed by atoms with Gasteiger partial charge in [-0.25, -0.2) is 0 Å². The monoisotopic (exact) mass is 351 g/mol. The molecule has 0 aromatic heterocycles. The minimum atomic E-state index is 0.0799. The Morgan fingerprint density at radius 2 is 2.08 bits per heavy atom. The second-order valence-electron chi connectivity index (χ2n) is 9.01. The summed E-state index contributed by atoms with van der Waals surface area (Å²) >= 11 is 2.03. The van der Waals surface area contributed by atoms with Crippen LogP contribution in [-0.4, -0.2) is 60.3 Å². The fourth-order valence-corrected chi connectivity index (χ4v) is 7.21. The first-order valence-electron chi connectivity index (χ1n) is 9.74. The Morgan fingerprint density at radius 3 is 2.83 bits per heavy atom. The molecule has 3 saturated heterocycles. The molecule has 2 saturated carbocycles. The molecule has 0 amide bonds. The van der Waals surface area contributed by atoms with E-state index in [1.807, 2.05) is 11.8 Å². The number of hydrogen-bond donors (Lipinski definition) is 0. The van der Waals surface area contributed by atoms with Crippen molar-refractivity contribution in [2.45, 2.75) is 50.7 Å². The number of ether oxygens (including phenoxy) is 2. The molecule has 4 nitrogen and oxygen atoms in total. The largest absolute Gasteiger partial charge is 0.462 e. The number of hydrogen-bond acceptors (Lipinski definition) is 5. The van der Waals surface area contributed by atoms with Crippen molar-refractivity contribution in [3.8, 4) is 0 Å². The van der Waals surface area contributed by atoms with Gasteiger partial charge in [0.25, 0.3) is 0 Å². The number of thioether (sulfide) groups is 1. The van der Waals surface area contributed by atoms with Crippen LogP contribution in [-0.2, 0) is 14.3 Å². The van der Waals surface area contributed by atoms with E-state index in [0.29, 0.717) is 17.3 Å². The summed E-state index contributed by atoms with van der Waals surface area (Å²) in [6.45, 7) is 6.55. The Bertz CT molecular complexity index is 531. The summed E-state index contributed by atoms with van der Waals surface area (Å²) in [7, 11) is 0. The number of rotatable bonds is 2. The summed E-state index contributed by atoms with van der Waals surface area (Å²) in [5, 5.41) is 0. The summed E-state index contributed by atoms with van der Waals surface area (Å²) in [6.07, 6.45) is 6.14. The average molecular weight is 352 g/mol. The first kappa shape index (κ1) is 16.0. The van der Waals surface area contributed by atoms with Crippen LogP contribution in [0.5, 0.6) is 0 Å². The third kappa shape index (κ3) is 2.45. The van der Waals surface area contributed by atoms with Crippen LogP contribution < -0.4 is 0 Å². The SMILES string of the molecule is C[C@]12CCC[C@]3(CO3)[C@H]1C[C@@H]1[C@H](CN3CCSCC3)C(=O)O[C@@H]1C2. The Kier molecular flexibility index (Phi) is 3.73. The Morgan fingerprint density at radius 1 is 1.29 bits per heavy atom. The van der Waals surface area contributed by atoms with Crippen molar-refractivity contribution in [2.24, 2.45) is 23.2 Å². The molecule has 5 rings (SSSR count). The molecule has 5 aliphatic rings. The van der Waals surface area contributed by atoms with E-state index in [1.165, 1.54) is 30.8 Å². The Balaban J connectivity index is 1.36. The zero-order valence-electron chi connectivity index (χ0n) is 14.7. The zero-order chi connectivity index (χ0) is 16.4. The smallest absolute Gasteiger partial charge is 0.310 e. The Hall–Kier alpha value is -0.260. The van der Waals surface area contributed by atoms with Crippen LogP contribution >= 0.6 is 11.8 Å². The van der Waals surface area contributed by atoms with Gasteiger partial charge in [-0.2, -0.15) is 11.8 Å². The van der Waals surface area contributed by atoms with Crippen LogP contribution in [0.3, 0.4) is 0 Å². The summed E-state index contributed by atoms with van der Waals surface area (Å²) in [4.78, 5) is 15.1. The maximum atomic E-state index is 12.6. The highest BCUT2D eigenvalue weighted by Gasteiger charge is 2.65. The van der Waals surface area contributed by atoms with Crippen molar-refractivity contribution in [1.29, 1.82) is 0 Å². The molecule has 6 atom stereocenters. The molecule has 5 fully saturated rings. The maximum absolute atomic E-state index is 12.6. The van der Waals surface area contributed by atoms with Crippen LogP contribution in [0.4, 0.5) is 0 Å². The molecule has 0 N–H and O–H groups in total. The topological polar surface area (TPSA) is 42.1 Å². The minimum absolute atomic E-state index is 0.0799. The summed E-state index contributed by atoms with van der Waals surface area (Å²) in [5.41, 5.74) is 0.475. The van der Waals surface area contributed by atoms with Crippen LogP contribution in [0.25, 0.3) is 0 Å². The first-order valence-corrected chi connectivity index (χ1v) is 10.9. The lowest BCUT2D eigenvalue weighted by atomic mass is 9.53. The van der Waals surface area contributed by atoms with Gasteiger partial charge in [0.1, 0.15) is 6.10 Å². The van der Waals surface area contributed by atoms with E-state index in [4.69, 9.17) is 9.47 Å². The molecule has 0 unspecified atom stereocenters. The van der Waals surface area contributed by atoms with Crippen LogP contribution in [0.1, 0.15) is 39.0 Å². The predicted octanol–water partition coefficient (Wildman–Crippen LogP) is 2.56. The lowest BCUT2D eigenvalue weighted by Crippen LogP contribution is -2.51. The summed E-state index contributed by atoms with van der Waals surface area (Å²) in [6, 6.07) is 0. The molecule has 134 valence electrons. The van der Waals surface area contributed by atoms with Crippen molar-refractivity contribution in [2.75, 3.05) is 37.7 Å². The molecule has 3 aliphatic heterocycles. The molecular weight excluding hydrogens is 322 g/mol. The lowest BCUT2D eigenvalue weighted by molar-refractivity contribution is -0.147. The maximum Gasteiger partial charge on any atom is 0.310 e. The van der Waals surface area contributed by atoms with E-state index in [2.05, 4.69) is 11.8 Å². The Labute approximate surface area is 149 Å². The van der Waals surface area contributed by atoms with E-state index in [9.17, 15) is 4.79 Å². The van der Waals surface area contributed by atoms with Crippen LogP contribution in [0.2, 0.25) is 0 Å². The highest BCUT2D eigenvalue weighted by atomic mass is 32.2. The van der Waals surface area contributed by atoms with Crippen LogP contribution in [0.15, 0.2) is 0 Å². The van der Waals surface area contributed by atoms with E-state index >= 15 is 0 Å². The molecule has 5 heteroatoms. The molecule has 2 aliphatic carbocycles. The van der Waals surface area contributed by atoms with Gasteiger partial charge in [0.05, 0.1) is 18.1 Å². The number of epoxide rings is 1. The fourth-order valence-electron chi connectivity index (χ4n) is 6.23. The van der Waals surface area contributed by atoms with Crippen molar-refractivity contribution in [1.82, 2.24) is 4.90 Å². The second kappa shape index (κ2) is 5.62. The number of esters is 1. The second-order valence-corrected chi connectivity index (χ2v) is 10.2. The summed E-state index contributed by atoms with van der Waals surface area (Å²) < 4.78 is 11.9. The third-order valence-corrected chi connectivity index (χ3v) is 8.58. The van der Waals surface area contributed by atoms with Gasteiger partial charge >= 0.3 is 5.97 Å². The first-order chi connectivity index (χ1) is 11.6. The molecule has 0 bridgehead atoms. The predicted molar refractivity (Wildman–Crippen MR) is 94.0 cm³/mol. The van der Waals surface area contributed by atoms with Gasteiger partial charge in [-0.15, -0.1) is 0 Å². The van der Waals surface area contributed by atoms with E-state index in [0.717, 1.165) is 39.1 Å². The minimum Gasteiger partial charge on any atom is -0.462 e. The number of carbonyl (C=O) groups is 1. The number of carbonyl (C=O) groups excluding carboxylic acids is 1. The van der Waals surface area contributed by atoms with Gasteiger partial charge in [-0.05, 0) is 43.4 Å². The van der Waals surface area contributed by atoms with Crippen molar-refractivity contribution >= 4 is 17.7 Å². The van der Waals surface area contributed by atoms with E-state index in [-0.39, 0.29) is 23.6 Å². The lowest BCUT2D eigenvalue weighted by Gasteiger charge is -2.51. The van der Waals surface area contributed by atoms with Crippen molar-refractivity contribution in [3.05, 3.63) is 0 Å². The quantitative estimate of drug-likeness (QED) is 0.565. The molecule has 0 radical (unpaired) electrons. The zero-order valence-corrected chi connectivity index (χ0v) is 15.5. The number of nitrogens with zero attached hydrogens (tertiary/aromatic N) is 1. The van der Waals surface area contributed by atoms with Gasteiger partial charge in [0.2, 0.25) is 0 Å². The fraction of sp³-hybridized carbons (Fsp3) is 0.947. The number of fused-ring (bicyclic) bond motifs is 3. The average Bonchev–Trinajstić information content (AvgIpc) is 3.27. The van der Waals surface area contributed by atoms with E-state index in [1.54, 1.807) is 0 Å². The molecule has 3 heterocycles. The molecular formula is C19H29NO3S. The van der Waals surface area contributed by atoms with Gasteiger partial charge in [-0.1, -0.05) is 6.92 Å². The van der Waals surface area contributed by atoms with Gasteiger partial charge in [0.15, 0.2) is 0 Å². The molecule has 1 spiro atoms. The third-order valence-electron chi connectivity index (χ3n) is 7.64. The van der Waals surface area contributed by atoms with Crippen molar-refractivity contribution in [3.63, 3.8) is 0 Å². The highest BCUT2D eigenvalue weighted by Crippen LogP contribution is 2.62. The van der Waals surface area contributed by atoms with Gasteiger partial charge in [-0.3, -0.25) is 4.79 Å². The van der Waals surface area contributed by atoms with Crippen LogP contribution in [0, 0.1) is 23.2 Å². The normalized spacial score (nSPS) is 51.1. The standard InChI is InChI=1S/C19H29NO3S/c1-18-3-2-4-19(12-22-19)16(18)9-13-14(17(21)23-15(13)10-18)11-20-5-7-24-8-6-20/h13-16H,2-12H2,1H3/t13-,14+,15-,16+,18-,19+/m1/s1. The van der Waals surface area contributed by atoms with Crippen molar-refractivity contribution < 1.29 is 14.3 Å². The van der Waals surface area contributed by atoms with Gasteiger partial charge in [0, 0.05) is 37.1 Å². The highest BCUT2D eigenvalue weighted by molar-refractivity contribution is 7.99. The molecule has 24 heavy (non-hydrogen) atoms. The van der Waals surface area contributed by atoms with Gasteiger partial charge < -0.3 is 14.4 Å². The molecule has 0 aromatic carbocycles. The molecule has 0 aromatic rings. The summed E-state index contributed by atoms with van der Waals surface area (Å²) in [5.74, 6) is 3.64.